The number of aromatic nitrogens is 1. The zero-order valence-electron chi connectivity index (χ0n) is 23.7. The summed E-state index contributed by atoms with van der Waals surface area (Å²) in [5.41, 5.74) is 9.68. The molecule has 0 aliphatic rings. The number of nitrogens with zero attached hydrogens (tertiary/aromatic N) is 1. The monoisotopic (exact) mass is 595 g/mol. The second-order valence-corrected chi connectivity index (χ2v) is 13.2. The van der Waals surface area contributed by atoms with Gasteiger partial charge in [0.1, 0.15) is 0 Å². The van der Waals surface area contributed by atoms with E-state index in [4.69, 9.17) is 0 Å². The van der Waals surface area contributed by atoms with Gasteiger partial charge in [0.2, 0.25) is 0 Å². The van der Waals surface area contributed by atoms with Gasteiger partial charge in [0.25, 0.3) is 0 Å². The van der Waals surface area contributed by atoms with Gasteiger partial charge in [-0.25, -0.2) is 0 Å². The van der Waals surface area contributed by atoms with Crippen LogP contribution >= 0.6 is 22.7 Å². The zero-order valence-corrected chi connectivity index (χ0v) is 25.3. The van der Waals surface area contributed by atoms with Crippen molar-refractivity contribution in [1.82, 2.24) is 4.98 Å². The Hall–Kier alpha value is -5.09. The van der Waals surface area contributed by atoms with Crippen molar-refractivity contribution in [3.8, 4) is 44.5 Å². The van der Waals surface area contributed by atoms with Crippen LogP contribution in [0, 0.1) is 0 Å². The van der Waals surface area contributed by atoms with Gasteiger partial charge in [-0.3, -0.25) is 4.98 Å². The smallest absolute Gasteiger partial charge is 0.0433 e. The highest BCUT2D eigenvalue weighted by molar-refractivity contribution is 7.26. The lowest BCUT2D eigenvalue weighted by molar-refractivity contribution is 1.33. The van der Waals surface area contributed by atoms with Crippen molar-refractivity contribution in [2.75, 3.05) is 0 Å². The van der Waals surface area contributed by atoms with E-state index in [0.717, 1.165) is 5.56 Å². The minimum atomic E-state index is 1.13. The molecule has 0 aliphatic heterocycles. The molecule has 3 heterocycles. The summed E-state index contributed by atoms with van der Waals surface area (Å²) in [4.78, 5) is 4.58. The van der Waals surface area contributed by atoms with E-state index < -0.39 is 0 Å². The fourth-order valence-corrected chi connectivity index (χ4v) is 9.01. The third kappa shape index (κ3) is 4.09. The number of hydrogen-bond donors (Lipinski definition) is 0. The minimum absolute atomic E-state index is 1.13. The van der Waals surface area contributed by atoms with E-state index in [9.17, 15) is 0 Å². The molecule has 9 aromatic rings. The molecule has 3 aromatic heterocycles. The Labute approximate surface area is 263 Å². The number of hydrogen-bond acceptors (Lipinski definition) is 3. The van der Waals surface area contributed by atoms with Crippen LogP contribution in [0.3, 0.4) is 0 Å². The molecule has 0 atom stereocenters. The van der Waals surface area contributed by atoms with Gasteiger partial charge in [-0.15, -0.1) is 22.7 Å². The predicted molar refractivity (Wildman–Crippen MR) is 192 cm³/mol. The van der Waals surface area contributed by atoms with E-state index >= 15 is 0 Å². The summed E-state index contributed by atoms with van der Waals surface area (Å²) in [5.74, 6) is 0. The Balaban J connectivity index is 1.16. The molecule has 0 spiro atoms. The molecule has 6 aromatic carbocycles. The first-order valence-electron chi connectivity index (χ1n) is 14.8. The molecule has 0 aliphatic carbocycles. The van der Waals surface area contributed by atoms with Crippen molar-refractivity contribution in [3.05, 3.63) is 152 Å². The Bertz CT molecular complexity index is 2340. The molecule has 0 radical (unpaired) electrons. The fourth-order valence-electron chi connectivity index (χ4n) is 6.53. The normalized spacial score (nSPS) is 11.6. The molecule has 0 N–H and O–H groups in total. The van der Waals surface area contributed by atoms with Gasteiger partial charge in [-0.05, 0) is 69.3 Å². The summed E-state index contributed by atoms with van der Waals surface area (Å²) in [7, 11) is 0. The first kappa shape index (κ1) is 25.4. The van der Waals surface area contributed by atoms with E-state index in [2.05, 4.69) is 145 Å². The lowest BCUT2D eigenvalue weighted by atomic mass is 9.92. The largest absolute Gasteiger partial charge is 0.264 e. The van der Waals surface area contributed by atoms with Crippen LogP contribution in [0.25, 0.3) is 84.9 Å². The van der Waals surface area contributed by atoms with Crippen LogP contribution in [0.5, 0.6) is 0 Å². The van der Waals surface area contributed by atoms with E-state index in [0.29, 0.717) is 0 Å². The molecular formula is C41H25NS2. The van der Waals surface area contributed by atoms with Crippen LogP contribution in [0.15, 0.2) is 152 Å². The third-order valence-corrected chi connectivity index (χ3v) is 11.0. The van der Waals surface area contributed by atoms with Gasteiger partial charge in [0.15, 0.2) is 0 Å². The highest BCUT2D eigenvalue weighted by atomic mass is 32.1. The Morgan fingerprint density at radius 1 is 0.364 bits per heavy atom. The van der Waals surface area contributed by atoms with Crippen molar-refractivity contribution in [2.45, 2.75) is 0 Å². The van der Waals surface area contributed by atoms with Gasteiger partial charge in [0, 0.05) is 58.3 Å². The molecule has 0 saturated carbocycles. The Morgan fingerprint density at radius 2 is 0.818 bits per heavy atom. The van der Waals surface area contributed by atoms with E-state index in [1.165, 1.54) is 79.3 Å². The predicted octanol–water partition coefficient (Wildman–Crippen LogP) is 12.5. The van der Waals surface area contributed by atoms with Crippen LogP contribution < -0.4 is 0 Å². The molecule has 3 heteroatoms. The van der Waals surface area contributed by atoms with Crippen LogP contribution in [0.1, 0.15) is 0 Å². The average Bonchev–Trinajstić information content (AvgIpc) is 3.67. The van der Waals surface area contributed by atoms with Crippen LogP contribution in [0.4, 0.5) is 0 Å². The number of rotatable bonds is 4. The van der Waals surface area contributed by atoms with Crippen molar-refractivity contribution in [1.29, 1.82) is 0 Å². The SMILES string of the molecule is c1cc(-c2ccncc2-c2cccc(-c3cccc4c3sc3ccccc34)c2)cc(-c2cccc3c2sc2ccccc23)c1. The fraction of sp³-hybridized carbons (Fsp3) is 0. The van der Waals surface area contributed by atoms with Gasteiger partial charge in [-0.2, -0.15) is 0 Å². The van der Waals surface area contributed by atoms with Crippen molar-refractivity contribution >= 4 is 63.0 Å². The Morgan fingerprint density at radius 3 is 1.39 bits per heavy atom. The molecule has 0 fully saturated rings. The van der Waals surface area contributed by atoms with Crippen molar-refractivity contribution in [2.24, 2.45) is 0 Å². The van der Waals surface area contributed by atoms with Crippen LogP contribution in [-0.2, 0) is 0 Å². The molecule has 9 rings (SSSR count). The van der Waals surface area contributed by atoms with Gasteiger partial charge in [-0.1, -0.05) is 109 Å². The van der Waals surface area contributed by atoms with Gasteiger partial charge < -0.3 is 0 Å². The average molecular weight is 596 g/mol. The van der Waals surface area contributed by atoms with E-state index in [-0.39, 0.29) is 0 Å². The highest BCUT2D eigenvalue weighted by Crippen LogP contribution is 2.43. The first-order valence-corrected chi connectivity index (χ1v) is 16.4. The lowest BCUT2D eigenvalue weighted by Gasteiger charge is -2.13. The number of fused-ring (bicyclic) bond motifs is 6. The number of thiophene rings is 2. The van der Waals surface area contributed by atoms with Crippen LogP contribution in [-0.4, -0.2) is 4.98 Å². The maximum atomic E-state index is 4.58. The summed E-state index contributed by atoms with van der Waals surface area (Å²) in [6.45, 7) is 0. The lowest BCUT2D eigenvalue weighted by Crippen LogP contribution is -1.89. The first-order chi connectivity index (χ1) is 21.8. The zero-order chi connectivity index (χ0) is 29.0. The number of benzene rings is 6. The van der Waals surface area contributed by atoms with E-state index in [1.54, 1.807) is 0 Å². The molecule has 1 nitrogen and oxygen atoms in total. The number of pyridine rings is 1. The summed E-state index contributed by atoms with van der Waals surface area (Å²) in [6, 6.07) is 50.8. The highest BCUT2D eigenvalue weighted by Gasteiger charge is 2.15. The standard InChI is InChI=1S/C41H25NS2/c1-3-19-38-33(13-1)35-17-7-15-31(40(35)43-38)27-10-5-9-26(23-27)30-21-22-42-25-37(30)29-12-6-11-28(24-29)32-16-8-18-36-34-14-2-4-20-39(34)44-41(32)36/h1-25H. The molecular weight excluding hydrogens is 571 g/mol. The van der Waals surface area contributed by atoms with E-state index in [1.807, 2.05) is 35.1 Å². The van der Waals surface area contributed by atoms with Crippen molar-refractivity contribution in [3.63, 3.8) is 0 Å². The molecule has 0 bridgehead atoms. The second-order valence-electron chi connectivity index (χ2n) is 11.1. The molecule has 0 saturated heterocycles. The third-order valence-electron chi connectivity index (χ3n) is 8.60. The quantitative estimate of drug-likeness (QED) is 0.197. The topological polar surface area (TPSA) is 12.9 Å². The molecule has 0 unspecified atom stereocenters. The van der Waals surface area contributed by atoms with Gasteiger partial charge in [0.05, 0.1) is 0 Å². The minimum Gasteiger partial charge on any atom is -0.264 e. The Kier molecular flexibility index (Phi) is 5.93. The maximum absolute atomic E-state index is 4.58. The summed E-state index contributed by atoms with van der Waals surface area (Å²) in [6.07, 6.45) is 3.91. The second kappa shape index (κ2) is 10.3. The summed E-state index contributed by atoms with van der Waals surface area (Å²) in [5, 5.41) is 5.30. The van der Waals surface area contributed by atoms with Gasteiger partial charge >= 0.3 is 0 Å². The molecule has 0 amide bonds. The molecule has 44 heavy (non-hydrogen) atoms. The van der Waals surface area contributed by atoms with Crippen LogP contribution in [0.2, 0.25) is 0 Å². The summed E-state index contributed by atoms with van der Waals surface area (Å²) >= 11 is 3.75. The molecule has 206 valence electrons. The summed E-state index contributed by atoms with van der Waals surface area (Å²) < 4.78 is 5.32. The van der Waals surface area contributed by atoms with Crippen molar-refractivity contribution < 1.29 is 0 Å². The maximum Gasteiger partial charge on any atom is 0.0433 e.